The lowest BCUT2D eigenvalue weighted by atomic mass is 9.73. The molecule has 1 amide bonds. The summed E-state index contributed by atoms with van der Waals surface area (Å²) in [4.78, 5) is 23.2. The second-order valence-electron chi connectivity index (χ2n) is 5.37. The molecule has 3 unspecified atom stereocenters. The third kappa shape index (κ3) is 3.35. The van der Waals surface area contributed by atoms with Gasteiger partial charge in [-0.3, -0.25) is 9.59 Å². The molecule has 0 heterocycles. The summed E-state index contributed by atoms with van der Waals surface area (Å²) in [6.07, 6.45) is 2.00. The highest BCUT2D eigenvalue weighted by Crippen LogP contribution is 2.35. The fourth-order valence-electron chi connectivity index (χ4n) is 2.65. The molecule has 5 nitrogen and oxygen atoms in total. The molecule has 0 saturated heterocycles. The molecule has 1 aliphatic rings. The molecule has 3 atom stereocenters. The molecule has 0 aromatic heterocycles. The van der Waals surface area contributed by atoms with Crippen LogP contribution in [0, 0.1) is 11.8 Å². The molecule has 2 N–H and O–H groups in total. The molecule has 21 heavy (non-hydrogen) atoms. The van der Waals surface area contributed by atoms with E-state index in [4.69, 9.17) is 9.84 Å². The van der Waals surface area contributed by atoms with Gasteiger partial charge in [0.1, 0.15) is 5.75 Å². The highest BCUT2D eigenvalue weighted by Gasteiger charge is 2.41. The standard InChI is InChI=1S/C16H21NO4/c1-3-14(10-4-6-11(21-2)7-5-10)17-15(18)12-8-9-13(12)16(19)20/h4-7,12-14H,3,8-9H2,1-2H3,(H,17,18)(H,19,20). The summed E-state index contributed by atoms with van der Waals surface area (Å²) in [6.45, 7) is 1.99. The fraction of sp³-hybridized carbons (Fsp3) is 0.500. The van der Waals surface area contributed by atoms with Crippen molar-refractivity contribution in [3.63, 3.8) is 0 Å². The Balaban J connectivity index is 2.01. The highest BCUT2D eigenvalue weighted by molar-refractivity contribution is 5.86. The lowest BCUT2D eigenvalue weighted by molar-refractivity contribution is -0.153. The van der Waals surface area contributed by atoms with E-state index in [0.29, 0.717) is 12.8 Å². The minimum atomic E-state index is -0.876. The smallest absolute Gasteiger partial charge is 0.307 e. The van der Waals surface area contributed by atoms with E-state index in [1.165, 1.54) is 0 Å². The number of carbonyl (C=O) groups excluding carboxylic acids is 1. The van der Waals surface area contributed by atoms with Crippen molar-refractivity contribution in [2.45, 2.75) is 32.2 Å². The van der Waals surface area contributed by atoms with Crippen molar-refractivity contribution < 1.29 is 19.4 Å². The summed E-state index contributed by atoms with van der Waals surface area (Å²) in [5.41, 5.74) is 0.998. The molecule has 0 radical (unpaired) electrons. The molecule has 1 aromatic carbocycles. The maximum atomic E-state index is 12.2. The molecule has 1 saturated carbocycles. The fourth-order valence-corrected chi connectivity index (χ4v) is 2.65. The van der Waals surface area contributed by atoms with Crippen LogP contribution in [0.15, 0.2) is 24.3 Å². The molecule has 114 valence electrons. The summed E-state index contributed by atoms with van der Waals surface area (Å²) in [6, 6.07) is 7.45. The van der Waals surface area contributed by atoms with Gasteiger partial charge in [0, 0.05) is 0 Å². The predicted octanol–water partition coefficient (Wildman–Crippen LogP) is 2.37. The number of ether oxygens (including phenoxy) is 1. The van der Waals surface area contributed by atoms with Gasteiger partial charge in [0.2, 0.25) is 5.91 Å². The zero-order chi connectivity index (χ0) is 15.4. The minimum absolute atomic E-state index is 0.0987. The van der Waals surface area contributed by atoms with E-state index in [9.17, 15) is 9.59 Å². The van der Waals surface area contributed by atoms with Gasteiger partial charge < -0.3 is 15.2 Å². The van der Waals surface area contributed by atoms with E-state index in [0.717, 1.165) is 17.7 Å². The summed E-state index contributed by atoms with van der Waals surface area (Å²) < 4.78 is 5.12. The number of carboxylic acid groups (broad SMARTS) is 1. The predicted molar refractivity (Wildman–Crippen MR) is 78.0 cm³/mol. The molecular formula is C16H21NO4. The first-order valence-corrected chi connectivity index (χ1v) is 7.24. The lowest BCUT2D eigenvalue weighted by Crippen LogP contribution is -2.45. The quantitative estimate of drug-likeness (QED) is 0.843. The largest absolute Gasteiger partial charge is 0.497 e. The van der Waals surface area contributed by atoms with Crippen LogP contribution in [0.25, 0.3) is 0 Å². The van der Waals surface area contributed by atoms with E-state index >= 15 is 0 Å². The molecule has 0 spiro atoms. The zero-order valence-corrected chi connectivity index (χ0v) is 12.3. The molecule has 1 aromatic rings. The Kier molecular flexibility index (Phi) is 4.83. The molecule has 0 aliphatic heterocycles. The average molecular weight is 291 g/mol. The van der Waals surface area contributed by atoms with Crippen LogP contribution in [0.4, 0.5) is 0 Å². The first-order valence-electron chi connectivity index (χ1n) is 7.24. The van der Waals surface area contributed by atoms with Crippen LogP contribution in [-0.4, -0.2) is 24.1 Å². The van der Waals surface area contributed by atoms with E-state index in [-0.39, 0.29) is 11.9 Å². The average Bonchev–Trinajstić information content (AvgIpc) is 2.43. The van der Waals surface area contributed by atoms with Gasteiger partial charge in [-0.2, -0.15) is 0 Å². The van der Waals surface area contributed by atoms with Gasteiger partial charge in [0.05, 0.1) is 25.0 Å². The second kappa shape index (κ2) is 6.61. The zero-order valence-electron chi connectivity index (χ0n) is 12.3. The van der Waals surface area contributed by atoms with Gasteiger partial charge >= 0.3 is 5.97 Å². The van der Waals surface area contributed by atoms with Gasteiger partial charge in [0.25, 0.3) is 0 Å². The van der Waals surface area contributed by atoms with Crippen LogP contribution < -0.4 is 10.1 Å². The molecule has 5 heteroatoms. The van der Waals surface area contributed by atoms with Crippen LogP contribution in [-0.2, 0) is 9.59 Å². The summed E-state index contributed by atoms with van der Waals surface area (Å²) >= 11 is 0. The Bertz CT molecular complexity index is 512. The SMILES string of the molecule is CCC(NC(=O)C1CCC1C(=O)O)c1ccc(OC)cc1. The van der Waals surface area contributed by atoms with E-state index in [2.05, 4.69) is 5.32 Å². The van der Waals surface area contributed by atoms with Gasteiger partial charge in [-0.05, 0) is 37.0 Å². The Morgan fingerprint density at radius 1 is 1.29 bits per heavy atom. The van der Waals surface area contributed by atoms with E-state index in [1.807, 2.05) is 31.2 Å². The number of methoxy groups -OCH3 is 1. The number of amides is 1. The number of hydrogen-bond donors (Lipinski definition) is 2. The maximum Gasteiger partial charge on any atom is 0.307 e. The second-order valence-corrected chi connectivity index (χ2v) is 5.37. The van der Waals surface area contributed by atoms with Crippen molar-refractivity contribution >= 4 is 11.9 Å². The topological polar surface area (TPSA) is 75.6 Å². The number of hydrogen-bond acceptors (Lipinski definition) is 3. The van der Waals surface area contributed by atoms with Crippen LogP contribution in [0.3, 0.4) is 0 Å². The molecule has 1 fully saturated rings. The number of aliphatic carboxylic acids is 1. The minimum Gasteiger partial charge on any atom is -0.497 e. The molecule has 1 aliphatic carbocycles. The molecular weight excluding hydrogens is 270 g/mol. The number of carboxylic acids is 1. The number of nitrogens with one attached hydrogen (secondary N) is 1. The van der Waals surface area contributed by atoms with Crippen molar-refractivity contribution in [3.05, 3.63) is 29.8 Å². The van der Waals surface area contributed by atoms with Crippen LogP contribution in [0.1, 0.15) is 37.8 Å². The van der Waals surface area contributed by atoms with Crippen molar-refractivity contribution in [1.29, 1.82) is 0 Å². The first-order chi connectivity index (χ1) is 10.1. The number of rotatable bonds is 6. The van der Waals surface area contributed by atoms with Crippen LogP contribution >= 0.6 is 0 Å². The normalized spacial score (nSPS) is 22.0. The Morgan fingerprint density at radius 3 is 2.33 bits per heavy atom. The van der Waals surface area contributed by atoms with E-state index < -0.39 is 17.8 Å². The van der Waals surface area contributed by atoms with Crippen molar-refractivity contribution in [2.75, 3.05) is 7.11 Å². The summed E-state index contributed by atoms with van der Waals surface area (Å²) in [7, 11) is 1.61. The lowest BCUT2D eigenvalue weighted by Gasteiger charge is -2.33. The van der Waals surface area contributed by atoms with Crippen molar-refractivity contribution in [1.82, 2.24) is 5.32 Å². The van der Waals surface area contributed by atoms with Gasteiger partial charge in [-0.15, -0.1) is 0 Å². The van der Waals surface area contributed by atoms with Gasteiger partial charge in [-0.1, -0.05) is 19.1 Å². The van der Waals surface area contributed by atoms with Crippen LogP contribution in [0.5, 0.6) is 5.75 Å². The van der Waals surface area contributed by atoms with Crippen molar-refractivity contribution in [3.8, 4) is 5.75 Å². The van der Waals surface area contributed by atoms with E-state index in [1.54, 1.807) is 7.11 Å². The number of carbonyl (C=O) groups is 2. The first kappa shape index (κ1) is 15.4. The third-order valence-electron chi connectivity index (χ3n) is 4.17. The van der Waals surface area contributed by atoms with Crippen LogP contribution in [0.2, 0.25) is 0 Å². The Hall–Kier alpha value is -2.04. The third-order valence-corrected chi connectivity index (χ3v) is 4.17. The Morgan fingerprint density at radius 2 is 1.90 bits per heavy atom. The highest BCUT2D eigenvalue weighted by atomic mass is 16.5. The molecule has 0 bridgehead atoms. The van der Waals surface area contributed by atoms with Crippen molar-refractivity contribution in [2.24, 2.45) is 11.8 Å². The van der Waals surface area contributed by atoms with Gasteiger partial charge in [0.15, 0.2) is 0 Å². The maximum absolute atomic E-state index is 12.2. The summed E-state index contributed by atoms with van der Waals surface area (Å²) in [5.74, 6) is -1.19. The summed E-state index contributed by atoms with van der Waals surface area (Å²) in [5, 5.41) is 12.0. The monoisotopic (exact) mass is 291 g/mol. The number of benzene rings is 1. The van der Waals surface area contributed by atoms with Gasteiger partial charge in [-0.25, -0.2) is 0 Å². The molecule has 2 rings (SSSR count). The Labute approximate surface area is 124 Å².